The van der Waals surface area contributed by atoms with Gasteiger partial charge in [0.2, 0.25) is 0 Å². The predicted octanol–water partition coefficient (Wildman–Crippen LogP) is 2.80. The summed E-state index contributed by atoms with van der Waals surface area (Å²) in [5.74, 6) is -0.689. The van der Waals surface area contributed by atoms with Gasteiger partial charge in [-0.2, -0.15) is 0 Å². The van der Waals surface area contributed by atoms with Gasteiger partial charge in [-0.25, -0.2) is 4.57 Å². The van der Waals surface area contributed by atoms with Crippen LogP contribution in [0.2, 0.25) is 0 Å². The van der Waals surface area contributed by atoms with Gasteiger partial charge in [-0.05, 0) is 35.0 Å². The number of anilines is 1. The number of carbonyl (C=O) groups excluding carboxylic acids is 1. The van der Waals surface area contributed by atoms with Crippen LogP contribution in [0, 0.1) is 0 Å². The Morgan fingerprint density at radius 2 is 1.42 bits per heavy atom. The minimum Gasteiger partial charge on any atom is -0.403 e. The van der Waals surface area contributed by atoms with Crippen LogP contribution in [0.3, 0.4) is 0 Å². The summed E-state index contributed by atoms with van der Waals surface area (Å²) in [4.78, 5) is 30.7. The fourth-order valence-corrected chi connectivity index (χ4v) is 2.73. The third kappa shape index (κ3) is 6.20. The number of fused-ring (bicyclic) bond motifs is 1. The summed E-state index contributed by atoms with van der Waals surface area (Å²) in [6, 6.07) is 18.9. The Morgan fingerprint density at radius 1 is 0.885 bits per heavy atom. The second-order valence-corrected chi connectivity index (χ2v) is 6.26. The van der Waals surface area contributed by atoms with Crippen molar-refractivity contribution in [2.75, 3.05) is 5.32 Å². The summed E-state index contributed by atoms with van der Waals surface area (Å²) in [5, 5.41) is 4.14. The summed E-state index contributed by atoms with van der Waals surface area (Å²) in [6.45, 7) is 0. The monoisotopic (exact) mass is 389 g/mol. The van der Waals surface area contributed by atoms with Crippen LogP contribution in [-0.2, 0) is 4.57 Å². The van der Waals surface area contributed by atoms with E-state index in [4.69, 9.17) is 14.3 Å². The Balaban J connectivity index is 0.00000169. The molecule has 26 heavy (non-hydrogen) atoms. The van der Waals surface area contributed by atoms with Gasteiger partial charge >= 0.3 is 7.82 Å². The number of hydrogen-bond acceptors (Lipinski definition) is 3. The quantitative estimate of drug-likeness (QED) is 0.471. The zero-order valence-corrected chi connectivity index (χ0v) is 19.3. The van der Waals surface area contributed by atoms with E-state index in [1.54, 1.807) is 48.5 Å². The van der Waals surface area contributed by atoms with E-state index in [9.17, 15) is 9.36 Å². The number of benzene rings is 3. The van der Waals surface area contributed by atoms with Gasteiger partial charge in [0, 0.05) is 64.8 Å². The molecule has 9 heteroatoms. The summed E-state index contributed by atoms with van der Waals surface area (Å²) in [5.41, 5.74) is 0.610. The normalized spacial score (nSPS) is 10.4. The number of amides is 1. The number of phosphoric ester groups is 1. The van der Waals surface area contributed by atoms with E-state index in [0.717, 1.165) is 5.39 Å². The van der Waals surface area contributed by atoms with Gasteiger partial charge in [-0.15, -0.1) is 0 Å². The summed E-state index contributed by atoms with van der Waals surface area (Å²) >= 11 is 0. The molecule has 3 aromatic rings. The average molecular weight is 389 g/mol. The maximum Gasteiger partial charge on any atom is 0.524 e. The van der Waals surface area contributed by atoms with Crippen LogP contribution in [0.25, 0.3) is 10.8 Å². The van der Waals surface area contributed by atoms with Gasteiger partial charge in [0.15, 0.2) is 0 Å². The molecule has 0 spiro atoms. The number of para-hydroxylation sites is 1. The Labute approximate surface area is 194 Å². The minimum atomic E-state index is -4.79. The zero-order valence-electron chi connectivity index (χ0n) is 14.4. The SMILES string of the molecule is O=C(Nc1ccccc1)c1cc2ccccc2cc1OP(=O)(O)O.[Na].[Na]. The molecule has 0 aliphatic rings. The maximum atomic E-state index is 12.5. The molecule has 0 aliphatic carbocycles. The van der Waals surface area contributed by atoms with Crippen LogP contribution < -0.4 is 9.84 Å². The molecule has 0 saturated carbocycles. The number of phosphoric acid groups is 1. The van der Waals surface area contributed by atoms with Gasteiger partial charge in [0.1, 0.15) is 5.75 Å². The Bertz CT molecular complexity index is 946. The van der Waals surface area contributed by atoms with Gasteiger partial charge in [-0.1, -0.05) is 42.5 Å². The fourth-order valence-electron chi connectivity index (χ4n) is 2.32. The van der Waals surface area contributed by atoms with Crippen LogP contribution in [0.15, 0.2) is 66.7 Å². The van der Waals surface area contributed by atoms with E-state index in [2.05, 4.69) is 5.32 Å². The predicted molar refractivity (Wildman–Crippen MR) is 103 cm³/mol. The van der Waals surface area contributed by atoms with Gasteiger partial charge in [0.05, 0.1) is 5.56 Å². The number of nitrogens with one attached hydrogen (secondary N) is 1. The molecule has 6 nitrogen and oxygen atoms in total. The molecule has 3 rings (SSSR count). The molecule has 124 valence electrons. The number of carbonyl (C=O) groups is 1. The topological polar surface area (TPSA) is 95.9 Å². The first-order valence-corrected chi connectivity index (χ1v) is 8.60. The van der Waals surface area contributed by atoms with Crippen molar-refractivity contribution < 1.29 is 23.7 Å². The van der Waals surface area contributed by atoms with E-state index in [-0.39, 0.29) is 70.4 Å². The van der Waals surface area contributed by atoms with Crippen molar-refractivity contribution in [1.29, 1.82) is 0 Å². The zero-order chi connectivity index (χ0) is 17.2. The van der Waals surface area contributed by atoms with E-state index in [1.165, 1.54) is 6.07 Å². The standard InChI is InChI=1S/C17H14NO5P.2Na/c19-17(18-14-8-2-1-3-9-14)15-10-12-6-4-5-7-13(12)11-16(15)23-24(20,21)22;;/h1-11H,(H,18,19)(H2,20,21,22);;. The first kappa shape index (κ1) is 23.4. The molecule has 0 aromatic heterocycles. The molecule has 0 aliphatic heterocycles. The Morgan fingerprint density at radius 3 is 2.00 bits per heavy atom. The summed E-state index contributed by atoms with van der Waals surface area (Å²) < 4.78 is 15.9. The van der Waals surface area contributed by atoms with Crippen molar-refractivity contribution in [3.8, 4) is 5.75 Å². The van der Waals surface area contributed by atoms with Crippen molar-refractivity contribution in [2.45, 2.75) is 0 Å². The third-order valence-corrected chi connectivity index (χ3v) is 3.78. The molecule has 3 aromatic carbocycles. The third-order valence-electron chi connectivity index (χ3n) is 3.34. The molecule has 0 atom stereocenters. The number of hydrogen-bond donors (Lipinski definition) is 3. The molecule has 0 unspecified atom stereocenters. The Hall–Kier alpha value is -0.660. The van der Waals surface area contributed by atoms with E-state index >= 15 is 0 Å². The molecular weight excluding hydrogens is 375 g/mol. The van der Waals surface area contributed by atoms with E-state index in [0.29, 0.717) is 11.1 Å². The number of rotatable bonds is 4. The van der Waals surface area contributed by atoms with E-state index < -0.39 is 13.7 Å². The van der Waals surface area contributed by atoms with Crippen LogP contribution in [0.5, 0.6) is 5.75 Å². The van der Waals surface area contributed by atoms with Crippen molar-refractivity contribution >= 4 is 89.3 Å². The first-order chi connectivity index (χ1) is 11.4. The van der Waals surface area contributed by atoms with Crippen molar-refractivity contribution in [2.24, 2.45) is 0 Å². The van der Waals surface area contributed by atoms with Crippen LogP contribution >= 0.6 is 7.82 Å². The summed E-state index contributed by atoms with van der Waals surface area (Å²) in [7, 11) is -4.79. The summed E-state index contributed by atoms with van der Waals surface area (Å²) in [6.07, 6.45) is 0. The van der Waals surface area contributed by atoms with E-state index in [1.807, 2.05) is 12.1 Å². The molecule has 1 amide bonds. The molecule has 3 N–H and O–H groups in total. The van der Waals surface area contributed by atoms with Crippen LogP contribution in [-0.4, -0.2) is 74.8 Å². The fraction of sp³-hybridized carbons (Fsp3) is 0. The first-order valence-electron chi connectivity index (χ1n) is 7.07. The molecule has 0 bridgehead atoms. The minimum absolute atomic E-state index is 0. The average Bonchev–Trinajstić information content (AvgIpc) is 2.53. The van der Waals surface area contributed by atoms with Gasteiger partial charge < -0.3 is 9.84 Å². The van der Waals surface area contributed by atoms with Crippen molar-refractivity contribution in [3.05, 3.63) is 72.3 Å². The molecule has 2 radical (unpaired) electrons. The largest absolute Gasteiger partial charge is 0.524 e. The molecular formula is C17H14NNa2O5P. The van der Waals surface area contributed by atoms with Crippen molar-refractivity contribution in [1.82, 2.24) is 0 Å². The maximum absolute atomic E-state index is 12.5. The smallest absolute Gasteiger partial charge is 0.403 e. The second-order valence-electron chi connectivity index (χ2n) is 5.10. The van der Waals surface area contributed by atoms with Gasteiger partial charge in [-0.3, -0.25) is 14.6 Å². The molecule has 0 heterocycles. The second kappa shape index (κ2) is 10.0. The van der Waals surface area contributed by atoms with Gasteiger partial charge in [0.25, 0.3) is 5.91 Å². The van der Waals surface area contributed by atoms with Crippen LogP contribution in [0.4, 0.5) is 5.69 Å². The molecule has 0 saturated heterocycles. The van der Waals surface area contributed by atoms with Crippen LogP contribution in [0.1, 0.15) is 10.4 Å². The Kier molecular flexibility index (Phi) is 9.03. The molecule has 0 fully saturated rings. The van der Waals surface area contributed by atoms with Crippen molar-refractivity contribution in [3.63, 3.8) is 0 Å².